The summed E-state index contributed by atoms with van der Waals surface area (Å²) in [5, 5.41) is 23.0. The molecule has 11 nitrogen and oxygen atoms in total. The summed E-state index contributed by atoms with van der Waals surface area (Å²) in [7, 11) is 0. The summed E-state index contributed by atoms with van der Waals surface area (Å²) in [4.78, 5) is 14.7. The van der Waals surface area contributed by atoms with E-state index in [4.69, 9.17) is 36.5 Å². The summed E-state index contributed by atoms with van der Waals surface area (Å²) in [6.07, 6.45) is 1.82. The molecule has 0 fully saturated rings. The van der Waals surface area contributed by atoms with Gasteiger partial charge in [0.05, 0.1) is 38.8 Å². The molecule has 0 aliphatic heterocycles. The average Bonchev–Trinajstić information content (AvgIpc) is 1.56. The van der Waals surface area contributed by atoms with Crippen LogP contribution in [0.25, 0.3) is 286 Å². The zero-order chi connectivity index (χ0) is 84.9. The predicted octanol–water partition coefficient (Wildman–Crippen LogP) is 33.2. The van der Waals surface area contributed by atoms with Gasteiger partial charge < -0.3 is 26.5 Å². The molecule has 0 amide bonds. The lowest BCUT2D eigenvalue weighted by Crippen LogP contribution is -1.93. The van der Waals surface area contributed by atoms with E-state index < -0.39 is 0 Å². The van der Waals surface area contributed by atoms with Gasteiger partial charge in [-0.2, -0.15) is 0 Å². The molecule has 0 unspecified atom stereocenters. The van der Waals surface area contributed by atoms with Gasteiger partial charge in [0.2, 0.25) is 0 Å². The topological polar surface area (TPSA) is 126 Å². The Hall–Kier alpha value is -17.7. The average molecular weight is 1660 g/mol. The summed E-state index contributed by atoms with van der Waals surface area (Å²) in [6.45, 7) is 0. The summed E-state index contributed by atoms with van der Waals surface area (Å²) in [5.74, 6) is 0. The van der Waals surface area contributed by atoms with Crippen molar-refractivity contribution in [1.82, 2.24) is 23.8 Å². The van der Waals surface area contributed by atoms with Crippen LogP contribution in [0, 0.1) is 0 Å². The molecule has 0 radical (unpaired) electrons. The monoisotopic (exact) mass is 1660 g/mol. The molecule has 11 aromatic heterocycles. The van der Waals surface area contributed by atoms with Gasteiger partial charge in [0, 0.05) is 97.9 Å². The van der Waals surface area contributed by atoms with Crippen LogP contribution in [0.15, 0.2) is 433 Å². The van der Waals surface area contributed by atoms with E-state index in [-0.39, 0.29) is 0 Å². The molecule has 30 rings (SSSR count). The van der Waals surface area contributed by atoms with Crippen molar-refractivity contribution in [2.24, 2.45) is 0 Å². The van der Waals surface area contributed by atoms with E-state index in [1.165, 1.54) is 48.8 Å². The van der Waals surface area contributed by atoms with Crippen molar-refractivity contribution < 1.29 is 26.5 Å². The number of rotatable bonds is 6. The van der Waals surface area contributed by atoms with Gasteiger partial charge in [0.1, 0.15) is 78.3 Å². The molecule has 11 heterocycles. The van der Waals surface area contributed by atoms with Gasteiger partial charge in [-0.25, -0.2) is 9.97 Å². The lowest BCUT2D eigenvalue weighted by atomic mass is 9.96. The van der Waals surface area contributed by atoms with Crippen molar-refractivity contribution in [2.75, 3.05) is 0 Å². The molecule has 0 aliphatic rings. The second-order valence-electron chi connectivity index (χ2n) is 33.9. The predicted molar refractivity (Wildman–Crippen MR) is 533 cm³/mol. The fraction of sp³-hybridized carbons (Fsp3) is 0. The lowest BCUT2D eigenvalue weighted by molar-refractivity contribution is 0.663. The van der Waals surface area contributed by atoms with E-state index in [1.807, 2.05) is 103 Å². The van der Waals surface area contributed by atoms with Gasteiger partial charge in [0.15, 0.2) is 0 Å². The quantitative estimate of drug-likeness (QED) is 0.150. The van der Waals surface area contributed by atoms with Crippen molar-refractivity contribution in [3.63, 3.8) is 0 Å². The van der Waals surface area contributed by atoms with E-state index in [0.29, 0.717) is 0 Å². The standard InChI is InChI=1S/C47H26N2O2.C43H24N2O2.C29H17NO2/c1-2-8-32-29(7-1)17-21-34-33-20-18-30(25-39(33)49-38-11-5-4-10-37(38)48-47(49)44(32)34)27-13-15-28(16-14-27)31-19-22-36-43(26-31)51-42-24-23-41-45(46(36)42)35-9-3-6-12-40(35)50-41;1-2-8-31-29(7-1)30-19-17-27(23-36(30)45-35-11-5-4-10-34(35)44-43(31)45)25-13-15-26(16-14-25)28-18-20-33-40(24-28)47-39-22-21-38-41(42(33)39)32-9-3-6-12-37(32)46-38;1-2-7-24-21(5-1)28-25(31-24)14-15-26-29(28)22-13-12-20(17-27(22)32-26)18-8-10-19(11-9-18)23-6-3-4-16-30-23/h1-26H;1-24H;1-17H. The highest BCUT2D eigenvalue weighted by atomic mass is 16.4. The normalized spacial score (nSPS) is 12.2. The highest BCUT2D eigenvalue weighted by Crippen LogP contribution is 2.48. The Morgan fingerprint density at radius 2 is 0.477 bits per heavy atom. The molecule has 0 atom stereocenters. The van der Waals surface area contributed by atoms with E-state index >= 15 is 0 Å². The highest BCUT2D eigenvalue weighted by molar-refractivity contribution is 6.30. The van der Waals surface area contributed by atoms with E-state index in [2.05, 4.69) is 317 Å². The van der Waals surface area contributed by atoms with Crippen molar-refractivity contribution in [3.05, 3.63) is 407 Å². The summed E-state index contributed by atoms with van der Waals surface area (Å²) in [6, 6.07) is 140. The molecule has 11 heteroatoms. The third-order valence-corrected chi connectivity index (χ3v) is 26.7. The number of benzene rings is 19. The third-order valence-electron chi connectivity index (χ3n) is 26.7. The fourth-order valence-electron chi connectivity index (χ4n) is 20.6. The third kappa shape index (κ3) is 11.0. The van der Waals surface area contributed by atoms with E-state index in [0.717, 1.165) is 237 Å². The molecule has 130 heavy (non-hydrogen) atoms. The van der Waals surface area contributed by atoms with Crippen molar-refractivity contribution in [2.45, 2.75) is 0 Å². The molecule has 30 aromatic rings. The van der Waals surface area contributed by atoms with Crippen LogP contribution in [0.2, 0.25) is 0 Å². The van der Waals surface area contributed by atoms with Gasteiger partial charge >= 0.3 is 0 Å². The van der Waals surface area contributed by atoms with Crippen LogP contribution < -0.4 is 0 Å². The second-order valence-corrected chi connectivity index (χ2v) is 33.9. The van der Waals surface area contributed by atoms with Crippen LogP contribution in [-0.4, -0.2) is 23.8 Å². The van der Waals surface area contributed by atoms with Gasteiger partial charge in [-0.3, -0.25) is 13.8 Å². The van der Waals surface area contributed by atoms with Crippen molar-refractivity contribution >= 4 is 219 Å². The van der Waals surface area contributed by atoms with Crippen LogP contribution in [0.3, 0.4) is 0 Å². The van der Waals surface area contributed by atoms with Crippen molar-refractivity contribution in [3.8, 4) is 66.9 Å². The zero-order valence-corrected chi connectivity index (χ0v) is 69.4. The molecule has 604 valence electrons. The maximum absolute atomic E-state index is 6.44. The minimum absolute atomic E-state index is 0.869. The van der Waals surface area contributed by atoms with E-state index in [9.17, 15) is 0 Å². The second kappa shape index (κ2) is 27.9. The van der Waals surface area contributed by atoms with Crippen LogP contribution in [0.5, 0.6) is 0 Å². The molecule has 0 N–H and O–H groups in total. The summed E-state index contributed by atoms with van der Waals surface area (Å²) < 4.78 is 42.2. The number of hydrogen-bond donors (Lipinski definition) is 0. The number of imidazole rings is 2. The SMILES string of the molecule is c1ccc(-c2ccc(-c3ccc4c(c3)oc3ccc5oc6ccccc6c5c34)cc2)nc1.c1ccc2c(c1)ccc1c3ccc(-c4ccc(-c5ccc6c(c5)oc5ccc7oc8ccccc8c7c56)cc4)cc3n3c4ccccc4nc3c21.c1ccc2c(c1)nc1c3ccccc3c3ccc(-c4ccc(-c5ccc6c(c5)oc5ccc7oc8ccccc8c7c56)cc4)cc3n21. The lowest BCUT2D eigenvalue weighted by Gasteiger charge is -2.13. The number of furan rings is 6. The number of nitrogens with zero attached hydrogens (tertiary/aromatic N) is 5. The van der Waals surface area contributed by atoms with Crippen LogP contribution in [0.4, 0.5) is 0 Å². The molecular formula is C119H67N5O6. The minimum Gasteiger partial charge on any atom is -0.456 e. The molecule has 0 saturated carbocycles. The van der Waals surface area contributed by atoms with Gasteiger partial charge in [-0.15, -0.1) is 0 Å². The Balaban J connectivity index is 0.000000101. The Morgan fingerprint density at radius 1 is 0.169 bits per heavy atom. The molecule has 0 saturated heterocycles. The first-order chi connectivity index (χ1) is 64.4. The Morgan fingerprint density at radius 3 is 0.908 bits per heavy atom. The molecule has 0 aliphatic carbocycles. The number of para-hydroxylation sites is 7. The first-order valence-electron chi connectivity index (χ1n) is 43.8. The number of hydrogen-bond acceptors (Lipinski definition) is 9. The maximum atomic E-state index is 6.44. The van der Waals surface area contributed by atoms with Crippen LogP contribution >= 0.6 is 0 Å². The Labute approximate surface area is 738 Å². The number of fused-ring (bicyclic) bond motifs is 39. The Kier molecular flexibility index (Phi) is 15.4. The highest BCUT2D eigenvalue weighted by Gasteiger charge is 2.24. The van der Waals surface area contributed by atoms with Gasteiger partial charge in [-0.05, 0) is 217 Å². The first-order valence-corrected chi connectivity index (χ1v) is 43.8. The summed E-state index contributed by atoms with van der Waals surface area (Å²) >= 11 is 0. The largest absolute Gasteiger partial charge is 0.456 e. The zero-order valence-electron chi connectivity index (χ0n) is 69.4. The first kappa shape index (κ1) is 71.7. The molecular weight excluding hydrogens is 1600 g/mol. The molecule has 19 aromatic carbocycles. The Bertz CT molecular complexity index is 10000. The molecule has 0 bridgehead atoms. The maximum Gasteiger partial charge on any atom is 0.147 e. The van der Waals surface area contributed by atoms with E-state index in [1.54, 1.807) is 0 Å². The fourth-order valence-corrected chi connectivity index (χ4v) is 20.6. The number of aromatic nitrogens is 5. The molecule has 0 spiro atoms. The minimum atomic E-state index is 0.869. The smallest absolute Gasteiger partial charge is 0.147 e. The van der Waals surface area contributed by atoms with Crippen molar-refractivity contribution in [1.29, 1.82) is 0 Å². The van der Waals surface area contributed by atoms with Gasteiger partial charge in [-0.1, -0.05) is 261 Å². The van der Waals surface area contributed by atoms with Crippen LogP contribution in [-0.2, 0) is 0 Å². The van der Waals surface area contributed by atoms with Gasteiger partial charge in [0.25, 0.3) is 0 Å². The van der Waals surface area contributed by atoms with Crippen LogP contribution in [0.1, 0.15) is 0 Å². The number of pyridine rings is 3. The summed E-state index contributed by atoms with van der Waals surface area (Å²) in [5.41, 5.74) is 32.6.